The van der Waals surface area contributed by atoms with Gasteiger partial charge in [-0.1, -0.05) is 30.3 Å². The molecule has 0 fully saturated rings. The van der Waals surface area contributed by atoms with Gasteiger partial charge in [-0.25, -0.2) is 14.4 Å². The van der Waals surface area contributed by atoms with Crippen molar-refractivity contribution in [3.63, 3.8) is 0 Å². The Hall–Kier alpha value is -2.83. The van der Waals surface area contributed by atoms with Crippen molar-refractivity contribution in [3.05, 3.63) is 48.3 Å². The smallest absolute Gasteiger partial charge is 0.249 e. The molecule has 1 unspecified atom stereocenters. The first-order chi connectivity index (χ1) is 11.4. The normalized spacial score (nSPS) is 12.3. The molecule has 6 nitrogen and oxygen atoms in total. The van der Waals surface area contributed by atoms with Crippen molar-refractivity contribution in [3.8, 4) is 5.88 Å². The first-order valence-electron chi connectivity index (χ1n) is 7.28. The molecule has 0 aliphatic carbocycles. The highest BCUT2D eigenvalue weighted by Gasteiger charge is 2.49. The van der Waals surface area contributed by atoms with Crippen LogP contribution in [0.15, 0.2) is 42.7 Å². The molecule has 1 heterocycles. The van der Waals surface area contributed by atoms with E-state index in [4.69, 9.17) is 4.74 Å². The van der Waals surface area contributed by atoms with Crippen molar-refractivity contribution in [1.29, 1.82) is 0 Å². The number of hydrogen-bond acceptors (Lipinski definition) is 6. The fourth-order valence-corrected chi connectivity index (χ4v) is 2.39. The summed E-state index contributed by atoms with van der Waals surface area (Å²) in [7, 11) is 1.44. The highest BCUT2D eigenvalue weighted by Crippen LogP contribution is 2.35. The monoisotopic (exact) mass is 331 g/mol. The fourth-order valence-electron chi connectivity index (χ4n) is 2.39. The van der Waals surface area contributed by atoms with Crippen LogP contribution in [0, 0.1) is 0 Å². The van der Waals surface area contributed by atoms with Crippen LogP contribution in [0.3, 0.4) is 0 Å². The summed E-state index contributed by atoms with van der Waals surface area (Å²) < 4.78 is 20.4. The lowest BCUT2D eigenvalue weighted by Gasteiger charge is -2.31. The third-order valence-corrected chi connectivity index (χ3v) is 3.70. The van der Waals surface area contributed by atoms with Gasteiger partial charge in [0.25, 0.3) is 0 Å². The van der Waals surface area contributed by atoms with Crippen molar-refractivity contribution >= 4 is 17.4 Å². The molecule has 1 N–H and O–H groups in total. The summed E-state index contributed by atoms with van der Waals surface area (Å²) >= 11 is 0. The van der Waals surface area contributed by atoms with Crippen LogP contribution in [-0.4, -0.2) is 34.3 Å². The van der Waals surface area contributed by atoms with Gasteiger partial charge in [0, 0.05) is 6.07 Å². The molecule has 0 bridgehead atoms. The number of ether oxygens (including phenoxy) is 1. The molecule has 24 heavy (non-hydrogen) atoms. The molecule has 0 aliphatic rings. The zero-order valence-electron chi connectivity index (χ0n) is 13.6. The van der Waals surface area contributed by atoms with E-state index in [-0.39, 0.29) is 11.7 Å². The summed E-state index contributed by atoms with van der Waals surface area (Å²) in [6.07, 6.45) is 1.24. The van der Waals surface area contributed by atoms with Gasteiger partial charge in [-0.05, 0) is 19.4 Å². The van der Waals surface area contributed by atoms with Crippen LogP contribution in [0.25, 0.3) is 0 Å². The van der Waals surface area contributed by atoms with E-state index < -0.39 is 23.3 Å². The molecule has 2 aromatic rings. The minimum atomic E-state index is -2.72. The minimum absolute atomic E-state index is 0.236. The summed E-state index contributed by atoms with van der Waals surface area (Å²) in [6.45, 7) is 2.11. The van der Waals surface area contributed by atoms with Crippen LogP contribution in [0.2, 0.25) is 0 Å². The van der Waals surface area contributed by atoms with Crippen molar-refractivity contribution < 1.29 is 18.7 Å². The van der Waals surface area contributed by atoms with Crippen molar-refractivity contribution in [2.75, 3.05) is 12.4 Å². The molecule has 0 saturated heterocycles. The van der Waals surface area contributed by atoms with Crippen LogP contribution in [0.5, 0.6) is 5.88 Å². The van der Waals surface area contributed by atoms with E-state index in [9.17, 15) is 9.59 Å². The van der Waals surface area contributed by atoms with Gasteiger partial charge >= 0.3 is 0 Å². The predicted octanol–water partition coefficient (Wildman–Crippen LogP) is 2.52. The number of carbonyl (C=O) groups is 2. The number of halogens is 1. The Labute approximate surface area is 139 Å². The molecule has 0 radical (unpaired) electrons. The molecule has 0 aliphatic heterocycles. The van der Waals surface area contributed by atoms with Crippen LogP contribution in [0.1, 0.15) is 25.5 Å². The van der Waals surface area contributed by atoms with Gasteiger partial charge in [0.2, 0.25) is 11.5 Å². The molecule has 1 aromatic carbocycles. The molecule has 126 valence electrons. The zero-order valence-corrected chi connectivity index (χ0v) is 13.6. The standard InChI is InChI=1S/C17H18FN3O3/c1-11(22)17(18,12(2)23)16(13-7-5-4-6-8-13)21-14-9-15(24-3)20-10-19-14/h4-10,16H,1-3H3,(H,19,20,21). The highest BCUT2D eigenvalue weighted by atomic mass is 19.1. The third kappa shape index (κ3) is 3.40. The molecule has 0 amide bonds. The summed E-state index contributed by atoms with van der Waals surface area (Å²) in [4.78, 5) is 31.7. The number of nitrogens with one attached hydrogen (secondary N) is 1. The lowest BCUT2D eigenvalue weighted by molar-refractivity contribution is -0.141. The number of methoxy groups -OCH3 is 1. The molecular formula is C17H18FN3O3. The number of nitrogens with zero attached hydrogens (tertiary/aromatic N) is 2. The van der Waals surface area contributed by atoms with Gasteiger partial charge in [-0.3, -0.25) is 9.59 Å². The topological polar surface area (TPSA) is 81.2 Å². The van der Waals surface area contributed by atoms with Gasteiger partial charge in [0.15, 0.2) is 11.6 Å². The van der Waals surface area contributed by atoms with E-state index in [1.54, 1.807) is 30.3 Å². The number of hydrogen-bond donors (Lipinski definition) is 1. The SMILES string of the molecule is COc1cc(NC(c2ccccc2)C(F)(C(C)=O)C(C)=O)ncn1. The minimum Gasteiger partial charge on any atom is -0.481 e. The van der Waals surface area contributed by atoms with Crippen LogP contribution < -0.4 is 10.1 Å². The van der Waals surface area contributed by atoms with Crippen LogP contribution in [-0.2, 0) is 9.59 Å². The zero-order chi connectivity index (χ0) is 17.7. The summed E-state index contributed by atoms with van der Waals surface area (Å²) in [5.41, 5.74) is -2.28. The predicted molar refractivity (Wildman–Crippen MR) is 86.6 cm³/mol. The van der Waals surface area contributed by atoms with E-state index in [0.29, 0.717) is 5.56 Å². The Morgan fingerprint density at radius 2 is 1.79 bits per heavy atom. The van der Waals surface area contributed by atoms with Gasteiger partial charge in [-0.2, -0.15) is 0 Å². The number of alkyl halides is 1. The maximum Gasteiger partial charge on any atom is 0.249 e. The number of ketones is 2. The summed E-state index contributed by atoms with van der Waals surface area (Å²) in [5, 5.41) is 2.83. The average Bonchev–Trinajstić information content (AvgIpc) is 2.59. The third-order valence-electron chi connectivity index (χ3n) is 3.70. The Kier molecular flexibility index (Phi) is 5.23. The second-order valence-corrected chi connectivity index (χ2v) is 5.26. The lowest BCUT2D eigenvalue weighted by Crippen LogP contribution is -2.48. The summed E-state index contributed by atoms with van der Waals surface area (Å²) in [6, 6.07) is 8.66. The molecule has 7 heteroatoms. The second-order valence-electron chi connectivity index (χ2n) is 5.26. The van der Waals surface area contributed by atoms with Gasteiger partial charge in [0.1, 0.15) is 18.2 Å². The summed E-state index contributed by atoms with van der Waals surface area (Å²) in [5.74, 6) is -1.25. The lowest BCUT2D eigenvalue weighted by atomic mass is 9.84. The number of benzene rings is 1. The Bertz CT molecular complexity index is 723. The molecule has 0 spiro atoms. The maximum atomic E-state index is 15.4. The van der Waals surface area contributed by atoms with E-state index in [1.807, 2.05) is 0 Å². The van der Waals surface area contributed by atoms with E-state index in [2.05, 4.69) is 15.3 Å². The van der Waals surface area contributed by atoms with Crippen LogP contribution >= 0.6 is 0 Å². The van der Waals surface area contributed by atoms with Crippen LogP contribution in [0.4, 0.5) is 10.2 Å². The quantitative estimate of drug-likeness (QED) is 0.785. The van der Waals surface area contributed by atoms with E-state index >= 15 is 4.39 Å². The highest BCUT2D eigenvalue weighted by molar-refractivity contribution is 6.09. The van der Waals surface area contributed by atoms with Gasteiger partial charge in [0.05, 0.1) is 7.11 Å². The molecule has 1 atom stereocenters. The number of rotatable bonds is 7. The Morgan fingerprint density at radius 1 is 1.17 bits per heavy atom. The first-order valence-corrected chi connectivity index (χ1v) is 7.28. The number of Topliss-reactive ketones (excluding diaryl/α,β-unsaturated/α-hetero) is 2. The molecule has 1 aromatic heterocycles. The number of carbonyl (C=O) groups excluding carboxylic acids is 2. The maximum absolute atomic E-state index is 15.4. The average molecular weight is 331 g/mol. The van der Waals surface area contributed by atoms with Crippen molar-refractivity contribution in [1.82, 2.24) is 9.97 Å². The molecule has 2 rings (SSSR count). The van der Waals surface area contributed by atoms with Crippen molar-refractivity contribution in [2.45, 2.75) is 25.6 Å². The Morgan fingerprint density at radius 3 is 2.33 bits per heavy atom. The number of aromatic nitrogens is 2. The molecular weight excluding hydrogens is 313 g/mol. The van der Waals surface area contributed by atoms with E-state index in [1.165, 1.54) is 19.5 Å². The molecule has 0 saturated carbocycles. The largest absolute Gasteiger partial charge is 0.481 e. The Balaban J connectivity index is 2.51. The van der Waals surface area contributed by atoms with E-state index in [0.717, 1.165) is 13.8 Å². The number of anilines is 1. The van der Waals surface area contributed by atoms with Gasteiger partial charge < -0.3 is 10.1 Å². The second kappa shape index (κ2) is 7.16. The fraction of sp³-hybridized carbons (Fsp3) is 0.294. The first kappa shape index (κ1) is 17.5. The van der Waals surface area contributed by atoms with Crippen molar-refractivity contribution in [2.24, 2.45) is 0 Å². The van der Waals surface area contributed by atoms with Gasteiger partial charge in [-0.15, -0.1) is 0 Å².